The number of rotatable bonds is 3. The molecule has 7 heteroatoms. The van der Waals surface area contributed by atoms with E-state index < -0.39 is 0 Å². The van der Waals surface area contributed by atoms with E-state index in [2.05, 4.69) is 37.8 Å². The molecule has 2 aromatic rings. The van der Waals surface area contributed by atoms with Gasteiger partial charge in [-0.1, -0.05) is 24.3 Å². The van der Waals surface area contributed by atoms with E-state index in [-0.39, 0.29) is 24.5 Å². The van der Waals surface area contributed by atoms with Crippen LogP contribution in [-0.2, 0) is 14.0 Å². The highest BCUT2D eigenvalue weighted by atomic mass is 16.7. The smallest absolute Gasteiger partial charge is 0.399 e. The van der Waals surface area contributed by atoms with Crippen molar-refractivity contribution < 1.29 is 14.0 Å². The molecule has 2 aliphatic heterocycles. The van der Waals surface area contributed by atoms with E-state index in [1.807, 2.05) is 28.9 Å². The molecule has 6 nitrogen and oxygen atoms in total. The summed E-state index contributed by atoms with van der Waals surface area (Å²) in [6.45, 7) is 9.04. The molecule has 3 heterocycles. The molecule has 1 unspecified atom stereocenters. The first-order valence-electron chi connectivity index (χ1n) is 9.34. The SMILES string of the molecule is CC1(C)OB(c2ccc(-c3ncn(C4CCCCO4)n3)cc2)OC1(C)C. The third kappa shape index (κ3) is 3.19. The van der Waals surface area contributed by atoms with Crippen molar-refractivity contribution in [3.05, 3.63) is 30.6 Å². The van der Waals surface area contributed by atoms with Crippen molar-refractivity contribution in [2.75, 3.05) is 6.61 Å². The average Bonchev–Trinajstić information content (AvgIpc) is 3.19. The molecular weight excluding hydrogens is 329 g/mol. The second-order valence-electron chi connectivity index (χ2n) is 8.08. The summed E-state index contributed by atoms with van der Waals surface area (Å²) in [4.78, 5) is 4.44. The Hall–Kier alpha value is -1.70. The van der Waals surface area contributed by atoms with Gasteiger partial charge in [-0.3, -0.25) is 0 Å². The maximum absolute atomic E-state index is 6.11. The topological polar surface area (TPSA) is 58.4 Å². The van der Waals surface area contributed by atoms with Crippen molar-refractivity contribution in [3.63, 3.8) is 0 Å². The Morgan fingerprint density at radius 1 is 1.04 bits per heavy atom. The highest BCUT2D eigenvalue weighted by Crippen LogP contribution is 2.36. The fourth-order valence-electron chi connectivity index (χ4n) is 3.25. The summed E-state index contributed by atoms with van der Waals surface area (Å²) >= 11 is 0. The van der Waals surface area contributed by atoms with Gasteiger partial charge in [0.2, 0.25) is 0 Å². The van der Waals surface area contributed by atoms with Gasteiger partial charge in [0.25, 0.3) is 0 Å². The normalized spacial score (nSPS) is 24.8. The van der Waals surface area contributed by atoms with Crippen molar-refractivity contribution in [1.29, 1.82) is 0 Å². The van der Waals surface area contributed by atoms with Gasteiger partial charge in [-0.05, 0) is 52.4 Å². The summed E-state index contributed by atoms with van der Waals surface area (Å²) < 4.78 is 19.8. The summed E-state index contributed by atoms with van der Waals surface area (Å²) in [5, 5.41) is 4.60. The minimum absolute atomic E-state index is 0.00836. The van der Waals surface area contributed by atoms with E-state index in [4.69, 9.17) is 14.0 Å². The van der Waals surface area contributed by atoms with Gasteiger partial charge in [0.05, 0.1) is 11.2 Å². The molecule has 0 bridgehead atoms. The van der Waals surface area contributed by atoms with E-state index >= 15 is 0 Å². The molecule has 1 aromatic heterocycles. The molecule has 0 saturated carbocycles. The lowest BCUT2D eigenvalue weighted by Crippen LogP contribution is -2.41. The first-order valence-corrected chi connectivity index (χ1v) is 9.34. The minimum atomic E-state index is -0.352. The quantitative estimate of drug-likeness (QED) is 0.793. The highest BCUT2D eigenvalue weighted by Gasteiger charge is 2.51. The summed E-state index contributed by atoms with van der Waals surface area (Å²) in [6, 6.07) is 8.08. The Morgan fingerprint density at radius 3 is 2.35 bits per heavy atom. The van der Waals surface area contributed by atoms with E-state index in [1.165, 1.54) is 6.42 Å². The zero-order valence-electron chi connectivity index (χ0n) is 15.9. The van der Waals surface area contributed by atoms with Crippen LogP contribution < -0.4 is 5.46 Å². The van der Waals surface area contributed by atoms with Crippen molar-refractivity contribution in [2.24, 2.45) is 0 Å². The Morgan fingerprint density at radius 2 is 1.73 bits per heavy atom. The van der Waals surface area contributed by atoms with Gasteiger partial charge in [0.15, 0.2) is 12.1 Å². The maximum atomic E-state index is 6.11. The molecule has 1 aromatic carbocycles. The first-order chi connectivity index (χ1) is 12.4. The van der Waals surface area contributed by atoms with Crippen LogP contribution in [0.2, 0.25) is 0 Å². The zero-order chi connectivity index (χ0) is 18.4. The van der Waals surface area contributed by atoms with Crippen LogP contribution in [0.4, 0.5) is 0 Å². The number of ether oxygens (including phenoxy) is 1. The van der Waals surface area contributed by atoms with Crippen LogP contribution in [0.1, 0.15) is 53.2 Å². The summed E-state index contributed by atoms with van der Waals surface area (Å²) in [5.74, 6) is 0.708. The number of hydrogen-bond acceptors (Lipinski definition) is 5. The maximum Gasteiger partial charge on any atom is 0.494 e. The fraction of sp³-hybridized carbons (Fsp3) is 0.579. The van der Waals surface area contributed by atoms with Gasteiger partial charge in [-0.25, -0.2) is 9.67 Å². The molecule has 0 radical (unpaired) electrons. The van der Waals surface area contributed by atoms with Crippen LogP contribution in [0, 0.1) is 0 Å². The van der Waals surface area contributed by atoms with Crippen LogP contribution in [-0.4, -0.2) is 39.7 Å². The van der Waals surface area contributed by atoms with Crippen molar-refractivity contribution in [1.82, 2.24) is 14.8 Å². The molecule has 2 saturated heterocycles. The molecule has 2 fully saturated rings. The van der Waals surface area contributed by atoms with E-state index in [1.54, 1.807) is 6.33 Å². The van der Waals surface area contributed by atoms with Gasteiger partial charge in [0.1, 0.15) is 6.33 Å². The molecule has 2 aliphatic rings. The molecule has 0 N–H and O–H groups in total. The number of nitrogens with zero attached hydrogens (tertiary/aromatic N) is 3. The average molecular weight is 355 g/mol. The highest BCUT2D eigenvalue weighted by molar-refractivity contribution is 6.62. The third-order valence-corrected chi connectivity index (χ3v) is 5.65. The zero-order valence-corrected chi connectivity index (χ0v) is 15.9. The number of aromatic nitrogens is 3. The Labute approximate surface area is 155 Å². The second-order valence-corrected chi connectivity index (χ2v) is 8.08. The molecule has 26 heavy (non-hydrogen) atoms. The van der Waals surface area contributed by atoms with Crippen LogP contribution in [0.5, 0.6) is 0 Å². The lowest BCUT2D eigenvalue weighted by atomic mass is 9.79. The summed E-state index contributed by atoms with van der Waals surface area (Å²) in [6.07, 6.45) is 5.05. The molecule has 4 rings (SSSR count). The van der Waals surface area contributed by atoms with Crippen molar-refractivity contribution >= 4 is 12.6 Å². The van der Waals surface area contributed by atoms with E-state index in [0.717, 1.165) is 30.5 Å². The predicted octanol–water partition coefficient (Wildman–Crippen LogP) is 2.94. The van der Waals surface area contributed by atoms with Gasteiger partial charge < -0.3 is 14.0 Å². The lowest BCUT2D eigenvalue weighted by Gasteiger charge is -2.32. The first kappa shape index (κ1) is 17.7. The predicted molar refractivity (Wildman–Crippen MR) is 100 cm³/mol. The number of hydrogen-bond donors (Lipinski definition) is 0. The van der Waals surface area contributed by atoms with Crippen LogP contribution in [0.3, 0.4) is 0 Å². The Balaban J connectivity index is 1.49. The second kappa shape index (κ2) is 6.48. The molecular formula is C19H26BN3O3. The van der Waals surface area contributed by atoms with Gasteiger partial charge in [-0.2, -0.15) is 0 Å². The van der Waals surface area contributed by atoms with Crippen LogP contribution >= 0.6 is 0 Å². The van der Waals surface area contributed by atoms with Gasteiger partial charge >= 0.3 is 7.12 Å². The largest absolute Gasteiger partial charge is 0.494 e. The van der Waals surface area contributed by atoms with Crippen molar-refractivity contribution in [2.45, 2.75) is 64.4 Å². The lowest BCUT2D eigenvalue weighted by molar-refractivity contribution is -0.0395. The number of benzene rings is 1. The summed E-state index contributed by atoms with van der Waals surface area (Å²) in [7, 11) is -0.352. The Bertz CT molecular complexity index is 751. The standard InChI is InChI=1S/C19H26BN3O3/c1-18(2)19(3,4)26-20(25-18)15-10-8-14(9-11-15)17-21-13-23(22-17)16-7-5-6-12-24-16/h8-11,13,16H,5-7,12H2,1-4H3. The fourth-order valence-corrected chi connectivity index (χ4v) is 3.25. The molecule has 0 aliphatic carbocycles. The Kier molecular flexibility index (Phi) is 4.41. The molecule has 0 amide bonds. The van der Waals surface area contributed by atoms with E-state index in [0.29, 0.717) is 5.82 Å². The van der Waals surface area contributed by atoms with Crippen molar-refractivity contribution in [3.8, 4) is 11.4 Å². The van der Waals surface area contributed by atoms with Gasteiger partial charge in [0, 0.05) is 12.2 Å². The van der Waals surface area contributed by atoms with Crippen LogP contribution in [0.15, 0.2) is 30.6 Å². The molecule has 1 atom stereocenters. The molecule has 0 spiro atoms. The monoisotopic (exact) mass is 355 g/mol. The molecule has 138 valence electrons. The summed E-state index contributed by atoms with van der Waals surface area (Å²) in [5.41, 5.74) is 1.30. The van der Waals surface area contributed by atoms with Crippen LogP contribution in [0.25, 0.3) is 11.4 Å². The third-order valence-electron chi connectivity index (χ3n) is 5.65. The van der Waals surface area contributed by atoms with E-state index in [9.17, 15) is 0 Å². The van der Waals surface area contributed by atoms with Gasteiger partial charge in [-0.15, -0.1) is 5.10 Å². The minimum Gasteiger partial charge on any atom is -0.399 e.